The Balaban J connectivity index is 2.84. The summed E-state index contributed by atoms with van der Waals surface area (Å²) in [6.07, 6.45) is 0.691. The first-order valence-electron chi connectivity index (χ1n) is 3.64. The summed E-state index contributed by atoms with van der Waals surface area (Å²) in [5.41, 5.74) is 1.20. The highest BCUT2D eigenvalue weighted by atomic mass is 35.5. The van der Waals surface area contributed by atoms with E-state index in [-0.39, 0.29) is 0 Å². The lowest BCUT2D eigenvalue weighted by Gasteiger charge is -1.90. The van der Waals surface area contributed by atoms with E-state index < -0.39 is 0 Å². The number of aromatic nitrogens is 1. The van der Waals surface area contributed by atoms with E-state index in [1.54, 1.807) is 18.2 Å². The molecule has 0 aliphatic rings. The normalized spacial score (nSPS) is 10.6. The fraction of sp³-hybridized carbons (Fsp3) is 0. The minimum Gasteiger partial charge on any atom is -0.351 e. The third-order valence-electron chi connectivity index (χ3n) is 1.84. The van der Waals surface area contributed by atoms with Crippen molar-refractivity contribution in [2.24, 2.45) is 0 Å². The second-order valence-electron chi connectivity index (χ2n) is 2.66. The third-order valence-corrected chi connectivity index (χ3v) is 2.48. The Morgan fingerprint density at radius 1 is 1.31 bits per heavy atom. The molecular formula is C9H5Cl2NO. The SMILES string of the molecule is O=Cc1[nH]c2ccc(Cl)cc2c1Cl. The average Bonchev–Trinajstić information content (AvgIpc) is 2.44. The second kappa shape index (κ2) is 3.05. The Labute approximate surface area is 84.5 Å². The molecule has 0 unspecified atom stereocenters. The Kier molecular flexibility index (Phi) is 2.02. The van der Waals surface area contributed by atoms with Crippen molar-refractivity contribution >= 4 is 40.4 Å². The summed E-state index contributed by atoms with van der Waals surface area (Å²) in [7, 11) is 0. The zero-order valence-corrected chi connectivity index (χ0v) is 7.99. The fourth-order valence-corrected chi connectivity index (χ4v) is 1.65. The number of benzene rings is 1. The average molecular weight is 214 g/mol. The van der Waals surface area contributed by atoms with Gasteiger partial charge in [0, 0.05) is 15.9 Å². The summed E-state index contributed by atoms with van der Waals surface area (Å²) < 4.78 is 0. The molecule has 0 aliphatic heterocycles. The topological polar surface area (TPSA) is 32.9 Å². The van der Waals surface area contributed by atoms with E-state index >= 15 is 0 Å². The lowest BCUT2D eigenvalue weighted by molar-refractivity contribution is 0.112. The summed E-state index contributed by atoms with van der Waals surface area (Å²) in [5, 5.41) is 1.80. The molecule has 66 valence electrons. The highest BCUT2D eigenvalue weighted by molar-refractivity contribution is 6.38. The van der Waals surface area contributed by atoms with E-state index in [0.717, 1.165) is 10.9 Å². The van der Waals surface area contributed by atoms with Crippen molar-refractivity contribution in [3.63, 3.8) is 0 Å². The van der Waals surface area contributed by atoms with Crippen LogP contribution in [0.5, 0.6) is 0 Å². The summed E-state index contributed by atoms with van der Waals surface area (Å²) >= 11 is 11.7. The van der Waals surface area contributed by atoms with Crippen LogP contribution in [0.4, 0.5) is 0 Å². The number of carbonyl (C=O) groups is 1. The summed E-state index contributed by atoms with van der Waals surface area (Å²) in [4.78, 5) is 13.4. The maximum Gasteiger partial charge on any atom is 0.167 e. The van der Waals surface area contributed by atoms with Gasteiger partial charge >= 0.3 is 0 Å². The van der Waals surface area contributed by atoms with Crippen molar-refractivity contribution in [2.75, 3.05) is 0 Å². The third kappa shape index (κ3) is 1.32. The van der Waals surface area contributed by atoms with Crippen LogP contribution in [0.25, 0.3) is 10.9 Å². The molecule has 2 nitrogen and oxygen atoms in total. The highest BCUT2D eigenvalue weighted by Crippen LogP contribution is 2.28. The van der Waals surface area contributed by atoms with Crippen molar-refractivity contribution in [1.29, 1.82) is 0 Å². The molecule has 0 saturated carbocycles. The standard InChI is InChI=1S/C9H5Cl2NO/c10-5-1-2-7-6(3-5)9(11)8(4-13)12-7/h1-4,12H. The maximum atomic E-state index is 10.5. The van der Waals surface area contributed by atoms with Crippen LogP contribution in [0.2, 0.25) is 10.0 Å². The van der Waals surface area contributed by atoms with Crippen LogP contribution < -0.4 is 0 Å². The molecule has 0 radical (unpaired) electrons. The van der Waals surface area contributed by atoms with Crippen LogP contribution in [0, 0.1) is 0 Å². The molecule has 1 N–H and O–H groups in total. The van der Waals surface area contributed by atoms with Crippen LogP contribution in [-0.2, 0) is 0 Å². The molecule has 0 spiro atoms. The Bertz CT molecular complexity index is 476. The van der Waals surface area contributed by atoms with Crippen LogP contribution in [0.3, 0.4) is 0 Å². The molecule has 0 bridgehead atoms. The van der Waals surface area contributed by atoms with Gasteiger partial charge in [0.1, 0.15) is 0 Å². The van der Waals surface area contributed by atoms with Gasteiger partial charge in [-0.25, -0.2) is 0 Å². The highest BCUT2D eigenvalue weighted by Gasteiger charge is 2.08. The smallest absolute Gasteiger partial charge is 0.167 e. The molecule has 0 aliphatic carbocycles. The van der Waals surface area contributed by atoms with Gasteiger partial charge in [-0.3, -0.25) is 4.79 Å². The summed E-state index contributed by atoms with van der Waals surface area (Å²) in [6.45, 7) is 0. The lowest BCUT2D eigenvalue weighted by Crippen LogP contribution is -1.76. The quantitative estimate of drug-likeness (QED) is 0.725. The molecule has 1 aromatic heterocycles. The van der Waals surface area contributed by atoms with Crippen LogP contribution >= 0.6 is 23.2 Å². The summed E-state index contributed by atoms with van der Waals surface area (Å²) in [5.74, 6) is 0. The second-order valence-corrected chi connectivity index (χ2v) is 3.47. The Morgan fingerprint density at radius 2 is 2.08 bits per heavy atom. The van der Waals surface area contributed by atoms with E-state index in [1.165, 1.54) is 0 Å². The molecule has 1 aromatic carbocycles. The fourth-order valence-electron chi connectivity index (χ4n) is 1.23. The number of carbonyl (C=O) groups excluding carboxylic acids is 1. The molecule has 0 fully saturated rings. The first-order valence-corrected chi connectivity index (χ1v) is 4.40. The van der Waals surface area contributed by atoms with E-state index in [0.29, 0.717) is 22.0 Å². The predicted molar refractivity (Wildman–Crippen MR) is 53.7 cm³/mol. The number of aldehydes is 1. The van der Waals surface area contributed by atoms with Gasteiger partial charge in [-0.2, -0.15) is 0 Å². The van der Waals surface area contributed by atoms with Crippen molar-refractivity contribution in [3.05, 3.63) is 33.9 Å². The van der Waals surface area contributed by atoms with Crippen LogP contribution in [0.1, 0.15) is 10.5 Å². The van der Waals surface area contributed by atoms with Gasteiger partial charge in [0.2, 0.25) is 0 Å². The van der Waals surface area contributed by atoms with Crippen LogP contribution in [-0.4, -0.2) is 11.3 Å². The van der Waals surface area contributed by atoms with E-state index in [2.05, 4.69) is 4.98 Å². The molecule has 0 atom stereocenters. The van der Waals surface area contributed by atoms with Gasteiger partial charge in [-0.05, 0) is 18.2 Å². The van der Waals surface area contributed by atoms with Gasteiger partial charge in [0.15, 0.2) is 6.29 Å². The number of fused-ring (bicyclic) bond motifs is 1. The first-order chi connectivity index (χ1) is 6.22. The Hall–Kier alpha value is -0.990. The Morgan fingerprint density at radius 3 is 2.77 bits per heavy atom. The molecule has 2 aromatic rings. The maximum absolute atomic E-state index is 10.5. The minimum absolute atomic E-state index is 0.388. The van der Waals surface area contributed by atoms with Crippen molar-refractivity contribution < 1.29 is 4.79 Å². The van der Waals surface area contributed by atoms with Crippen molar-refractivity contribution in [2.45, 2.75) is 0 Å². The molecule has 0 amide bonds. The van der Waals surface area contributed by atoms with Crippen LogP contribution in [0.15, 0.2) is 18.2 Å². The predicted octanol–water partition coefficient (Wildman–Crippen LogP) is 3.29. The number of rotatable bonds is 1. The van der Waals surface area contributed by atoms with Gasteiger partial charge in [-0.15, -0.1) is 0 Å². The number of hydrogen-bond donors (Lipinski definition) is 1. The number of aromatic amines is 1. The van der Waals surface area contributed by atoms with Gasteiger partial charge in [-0.1, -0.05) is 23.2 Å². The molecular weight excluding hydrogens is 209 g/mol. The molecule has 4 heteroatoms. The van der Waals surface area contributed by atoms with E-state index in [4.69, 9.17) is 23.2 Å². The number of hydrogen-bond acceptors (Lipinski definition) is 1. The first kappa shape index (κ1) is 8.60. The molecule has 0 saturated heterocycles. The van der Waals surface area contributed by atoms with Gasteiger partial charge in [0.05, 0.1) is 10.7 Å². The van der Waals surface area contributed by atoms with Crippen molar-refractivity contribution in [3.8, 4) is 0 Å². The van der Waals surface area contributed by atoms with Crippen molar-refractivity contribution in [1.82, 2.24) is 4.98 Å². The lowest BCUT2D eigenvalue weighted by atomic mass is 10.2. The van der Waals surface area contributed by atoms with Gasteiger partial charge in [0.25, 0.3) is 0 Å². The largest absolute Gasteiger partial charge is 0.351 e. The number of nitrogens with one attached hydrogen (secondary N) is 1. The van der Waals surface area contributed by atoms with E-state index in [9.17, 15) is 4.79 Å². The molecule has 2 rings (SSSR count). The zero-order valence-electron chi connectivity index (χ0n) is 6.47. The van der Waals surface area contributed by atoms with E-state index in [1.807, 2.05) is 0 Å². The zero-order chi connectivity index (χ0) is 9.42. The summed E-state index contributed by atoms with van der Waals surface area (Å²) in [6, 6.07) is 5.25. The molecule has 13 heavy (non-hydrogen) atoms. The number of halogens is 2. The number of H-pyrrole nitrogens is 1. The minimum atomic E-state index is 0.388. The monoisotopic (exact) mass is 213 g/mol. The van der Waals surface area contributed by atoms with Gasteiger partial charge < -0.3 is 4.98 Å². The molecule has 1 heterocycles.